The van der Waals surface area contributed by atoms with E-state index in [1.165, 1.54) is 4.88 Å². The van der Waals surface area contributed by atoms with Crippen molar-refractivity contribution in [1.29, 1.82) is 0 Å². The molecular formula is C20H24N2O3S. The number of piperazine rings is 1. The second-order valence-corrected chi connectivity index (χ2v) is 8.03. The third kappa shape index (κ3) is 3.44. The average Bonchev–Trinajstić information content (AvgIpc) is 3.32. The number of likely N-dealkylation sites (N-methyl/N-ethyl adjacent to an activating group) is 1. The summed E-state index contributed by atoms with van der Waals surface area (Å²) < 4.78 is 11.0. The number of nitrogens with zero attached hydrogens (tertiary/aromatic N) is 2. The number of fused-ring (bicyclic) bond motifs is 1. The van der Waals surface area contributed by atoms with Gasteiger partial charge in [0.25, 0.3) is 0 Å². The van der Waals surface area contributed by atoms with Crippen LogP contribution in [-0.4, -0.2) is 55.2 Å². The first-order valence-corrected chi connectivity index (χ1v) is 9.91. The van der Waals surface area contributed by atoms with Crippen molar-refractivity contribution in [3.05, 3.63) is 46.2 Å². The van der Waals surface area contributed by atoms with Crippen molar-refractivity contribution in [3.63, 3.8) is 0 Å². The van der Waals surface area contributed by atoms with Gasteiger partial charge in [-0.25, -0.2) is 0 Å². The molecule has 6 heteroatoms. The monoisotopic (exact) mass is 372 g/mol. The second kappa shape index (κ2) is 7.29. The number of benzene rings is 1. The second-order valence-electron chi connectivity index (χ2n) is 7.05. The molecule has 138 valence electrons. The molecule has 0 radical (unpaired) electrons. The summed E-state index contributed by atoms with van der Waals surface area (Å²) in [5.74, 6) is 1.82. The van der Waals surface area contributed by atoms with Crippen LogP contribution in [0.2, 0.25) is 0 Å². The fourth-order valence-electron chi connectivity index (χ4n) is 3.58. The van der Waals surface area contributed by atoms with E-state index in [9.17, 15) is 4.79 Å². The molecule has 1 fully saturated rings. The summed E-state index contributed by atoms with van der Waals surface area (Å²) in [7, 11) is 2.12. The Morgan fingerprint density at radius 1 is 1.27 bits per heavy atom. The maximum atomic E-state index is 13.0. The van der Waals surface area contributed by atoms with E-state index in [-0.39, 0.29) is 18.6 Å². The predicted molar refractivity (Wildman–Crippen MR) is 102 cm³/mol. The highest BCUT2D eigenvalue weighted by Crippen LogP contribution is 2.39. The van der Waals surface area contributed by atoms with Gasteiger partial charge in [-0.3, -0.25) is 4.79 Å². The maximum Gasteiger partial charge on any atom is 0.231 e. The summed E-state index contributed by atoms with van der Waals surface area (Å²) in [6, 6.07) is 10.6. The lowest BCUT2D eigenvalue weighted by atomic mass is 9.93. The Labute approximate surface area is 158 Å². The van der Waals surface area contributed by atoms with Crippen LogP contribution in [-0.2, 0) is 4.79 Å². The van der Waals surface area contributed by atoms with Crippen molar-refractivity contribution in [3.8, 4) is 11.5 Å². The molecule has 0 saturated carbocycles. The van der Waals surface area contributed by atoms with Crippen LogP contribution < -0.4 is 9.47 Å². The van der Waals surface area contributed by atoms with Crippen LogP contribution in [0.3, 0.4) is 0 Å². The molecule has 0 aliphatic carbocycles. The highest BCUT2D eigenvalue weighted by atomic mass is 32.1. The molecule has 2 unspecified atom stereocenters. The summed E-state index contributed by atoms with van der Waals surface area (Å²) in [6.45, 7) is 4.97. The van der Waals surface area contributed by atoms with Crippen LogP contribution >= 0.6 is 11.3 Å². The van der Waals surface area contributed by atoms with Gasteiger partial charge in [0.1, 0.15) is 0 Å². The van der Waals surface area contributed by atoms with Crippen LogP contribution in [0.1, 0.15) is 29.7 Å². The molecule has 3 heterocycles. The molecule has 2 atom stereocenters. The lowest BCUT2D eigenvalue weighted by Gasteiger charge is -2.38. The van der Waals surface area contributed by atoms with Crippen molar-refractivity contribution in [1.82, 2.24) is 9.80 Å². The van der Waals surface area contributed by atoms with Gasteiger partial charge in [0.15, 0.2) is 11.5 Å². The Morgan fingerprint density at radius 3 is 2.88 bits per heavy atom. The van der Waals surface area contributed by atoms with E-state index in [0.29, 0.717) is 12.5 Å². The third-order valence-electron chi connectivity index (χ3n) is 5.38. The first-order chi connectivity index (χ1) is 12.6. The standard InChI is InChI=1S/C20H24N2O3S/c1-14-12-22(8-7-21(14)2)20(23)11-16(19-4-3-9-26-19)15-5-6-17-18(10-15)25-13-24-17/h3-6,9-10,14,16H,7-8,11-13H2,1-2H3. The predicted octanol–water partition coefficient (Wildman–Crippen LogP) is 3.16. The topological polar surface area (TPSA) is 42.0 Å². The fraction of sp³-hybridized carbons (Fsp3) is 0.450. The van der Waals surface area contributed by atoms with E-state index in [1.54, 1.807) is 11.3 Å². The van der Waals surface area contributed by atoms with E-state index < -0.39 is 0 Å². The van der Waals surface area contributed by atoms with Crippen molar-refractivity contribution in [2.45, 2.75) is 25.3 Å². The van der Waals surface area contributed by atoms with Crippen molar-refractivity contribution in [2.75, 3.05) is 33.5 Å². The first-order valence-electron chi connectivity index (χ1n) is 9.03. The van der Waals surface area contributed by atoms with Crippen LogP contribution in [0.25, 0.3) is 0 Å². The normalized spacial score (nSPS) is 21.0. The number of carbonyl (C=O) groups excluding carboxylic acids is 1. The van der Waals surface area contributed by atoms with Gasteiger partial charge in [-0.15, -0.1) is 11.3 Å². The molecule has 0 N–H and O–H groups in total. The molecule has 2 aliphatic rings. The lowest BCUT2D eigenvalue weighted by molar-refractivity contribution is -0.134. The molecule has 1 saturated heterocycles. The van der Waals surface area contributed by atoms with E-state index in [4.69, 9.17) is 9.47 Å². The number of rotatable bonds is 4. The number of thiophene rings is 1. The third-order valence-corrected chi connectivity index (χ3v) is 6.36. The smallest absolute Gasteiger partial charge is 0.231 e. The zero-order valence-corrected chi connectivity index (χ0v) is 16.0. The Balaban J connectivity index is 1.56. The van der Waals surface area contributed by atoms with Crippen molar-refractivity contribution >= 4 is 17.2 Å². The maximum absolute atomic E-state index is 13.0. The number of hydrogen-bond acceptors (Lipinski definition) is 5. The molecule has 1 aromatic heterocycles. The average molecular weight is 372 g/mol. The quantitative estimate of drug-likeness (QED) is 0.827. The summed E-state index contributed by atoms with van der Waals surface area (Å²) in [6.07, 6.45) is 0.483. The fourth-order valence-corrected chi connectivity index (χ4v) is 4.44. The van der Waals surface area contributed by atoms with E-state index in [2.05, 4.69) is 36.4 Å². The summed E-state index contributed by atoms with van der Waals surface area (Å²) >= 11 is 1.70. The number of carbonyl (C=O) groups is 1. The molecule has 5 nitrogen and oxygen atoms in total. The Bertz CT molecular complexity index is 777. The van der Waals surface area contributed by atoms with Gasteiger partial charge in [-0.2, -0.15) is 0 Å². The zero-order valence-electron chi connectivity index (χ0n) is 15.2. The van der Waals surface area contributed by atoms with Crippen LogP contribution in [0.5, 0.6) is 11.5 Å². The lowest BCUT2D eigenvalue weighted by Crippen LogP contribution is -2.52. The molecule has 0 spiro atoms. The van der Waals surface area contributed by atoms with Crippen LogP contribution in [0.4, 0.5) is 0 Å². The van der Waals surface area contributed by atoms with Gasteiger partial charge in [0, 0.05) is 42.9 Å². The molecule has 0 bridgehead atoms. The van der Waals surface area contributed by atoms with Crippen molar-refractivity contribution in [2.24, 2.45) is 0 Å². The zero-order chi connectivity index (χ0) is 18.1. The minimum Gasteiger partial charge on any atom is -0.454 e. The largest absolute Gasteiger partial charge is 0.454 e. The highest BCUT2D eigenvalue weighted by molar-refractivity contribution is 7.10. The molecule has 2 aliphatic heterocycles. The van der Waals surface area contributed by atoms with E-state index >= 15 is 0 Å². The molecule has 1 amide bonds. The van der Waals surface area contributed by atoms with Gasteiger partial charge < -0.3 is 19.3 Å². The molecule has 4 rings (SSSR count). The van der Waals surface area contributed by atoms with Gasteiger partial charge >= 0.3 is 0 Å². The minimum atomic E-state index is 0.0481. The summed E-state index contributed by atoms with van der Waals surface area (Å²) in [5, 5.41) is 2.07. The summed E-state index contributed by atoms with van der Waals surface area (Å²) in [5.41, 5.74) is 1.10. The van der Waals surface area contributed by atoms with E-state index in [1.807, 2.05) is 23.1 Å². The van der Waals surface area contributed by atoms with Crippen molar-refractivity contribution < 1.29 is 14.3 Å². The minimum absolute atomic E-state index is 0.0481. The van der Waals surface area contributed by atoms with E-state index in [0.717, 1.165) is 36.7 Å². The van der Waals surface area contributed by atoms with Gasteiger partial charge in [0.05, 0.1) is 0 Å². The Hall–Kier alpha value is -2.05. The molecular weight excluding hydrogens is 348 g/mol. The molecule has 1 aromatic carbocycles. The molecule has 26 heavy (non-hydrogen) atoms. The Kier molecular flexibility index (Phi) is 4.87. The van der Waals surface area contributed by atoms with Gasteiger partial charge in [-0.05, 0) is 43.1 Å². The van der Waals surface area contributed by atoms with Crippen LogP contribution in [0, 0.1) is 0 Å². The highest BCUT2D eigenvalue weighted by Gasteiger charge is 2.28. The van der Waals surface area contributed by atoms with Gasteiger partial charge in [-0.1, -0.05) is 12.1 Å². The summed E-state index contributed by atoms with van der Waals surface area (Å²) in [4.78, 5) is 18.5. The SMILES string of the molecule is CC1CN(C(=O)CC(c2ccc3c(c2)OCO3)c2cccs2)CCN1C. The number of hydrogen-bond donors (Lipinski definition) is 0. The molecule has 2 aromatic rings. The first kappa shape index (κ1) is 17.4. The van der Waals surface area contributed by atoms with Crippen LogP contribution in [0.15, 0.2) is 35.7 Å². The Morgan fingerprint density at radius 2 is 2.12 bits per heavy atom. The number of amides is 1. The van der Waals surface area contributed by atoms with Gasteiger partial charge in [0.2, 0.25) is 12.7 Å². The number of ether oxygens (including phenoxy) is 2.